The number of amides is 1. The number of thioether (sulfide) groups is 1. The molecule has 1 unspecified atom stereocenters. The number of aromatic nitrogens is 3. The highest BCUT2D eigenvalue weighted by Gasteiger charge is 2.45. The monoisotopic (exact) mass is 478 g/mol. The first-order valence-corrected chi connectivity index (χ1v) is 12.8. The van der Waals surface area contributed by atoms with Gasteiger partial charge in [0, 0.05) is 17.8 Å². The summed E-state index contributed by atoms with van der Waals surface area (Å²) in [6, 6.07) is 15.0. The van der Waals surface area contributed by atoms with Gasteiger partial charge in [0.25, 0.3) is 17.0 Å². The second kappa shape index (κ2) is 10.9. The number of carbonyl (C=O) groups is 1. The van der Waals surface area contributed by atoms with E-state index in [4.69, 9.17) is 9.84 Å². The number of ether oxygens (including phenoxy) is 1. The Balaban J connectivity index is 1.87. The van der Waals surface area contributed by atoms with E-state index in [1.807, 2.05) is 55.5 Å². The average molecular weight is 479 g/mol. The van der Waals surface area contributed by atoms with E-state index in [9.17, 15) is 9.90 Å². The van der Waals surface area contributed by atoms with Crippen LogP contribution in [0, 0.1) is 0 Å². The Morgan fingerprint density at radius 2 is 1.88 bits per heavy atom. The first kappa shape index (κ1) is 24.0. The van der Waals surface area contributed by atoms with Crippen LogP contribution in [0.4, 0.5) is 5.69 Å². The van der Waals surface area contributed by atoms with Gasteiger partial charge in [0.15, 0.2) is 0 Å². The quantitative estimate of drug-likeness (QED) is 0.256. The summed E-state index contributed by atoms with van der Waals surface area (Å²) in [5.74, 6) is 0.993. The summed E-state index contributed by atoms with van der Waals surface area (Å²) in [4.78, 5) is 19.0. The standard InChI is InChI=1S/C26H30N4O3S/c1-4-6-7-12-17-34-26-27-24(32)23-19-13-8-10-15-21(19)29(18(3)31)25(30(23)28-26)20-14-9-11-16-22(20)33-5-2/h8-11,13-16,25H,4-7,12,17H2,1-3H3. The maximum Gasteiger partial charge on any atom is 0.296 e. The van der Waals surface area contributed by atoms with Crippen LogP contribution in [0.1, 0.15) is 58.2 Å². The number of nitrogens with zero attached hydrogens (tertiary/aromatic N) is 4. The predicted molar refractivity (Wildman–Crippen MR) is 131 cm³/mol. The van der Waals surface area contributed by atoms with Crippen molar-refractivity contribution in [2.24, 2.45) is 0 Å². The number of rotatable bonds is 9. The van der Waals surface area contributed by atoms with Crippen LogP contribution in [-0.2, 0) is 4.79 Å². The topological polar surface area (TPSA) is 82.3 Å². The van der Waals surface area contributed by atoms with Gasteiger partial charge < -0.3 is 9.84 Å². The van der Waals surface area contributed by atoms with Gasteiger partial charge in [0.05, 0.1) is 29.3 Å². The molecule has 0 saturated carbocycles. The van der Waals surface area contributed by atoms with Gasteiger partial charge >= 0.3 is 0 Å². The summed E-state index contributed by atoms with van der Waals surface area (Å²) >= 11 is 1.48. The maximum atomic E-state index is 13.3. The van der Waals surface area contributed by atoms with Gasteiger partial charge in [-0.2, -0.15) is 0 Å². The fraction of sp³-hybridized carbons (Fsp3) is 0.385. The van der Waals surface area contributed by atoms with Crippen molar-refractivity contribution < 1.29 is 19.3 Å². The molecule has 0 spiro atoms. The molecular formula is C26H30N4O3S. The molecule has 4 rings (SSSR count). The van der Waals surface area contributed by atoms with Crippen LogP contribution in [0.5, 0.6) is 11.6 Å². The van der Waals surface area contributed by atoms with Gasteiger partial charge in [0.2, 0.25) is 5.91 Å². The molecule has 178 valence electrons. The zero-order valence-electron chi connectivity index (χ0n) is 19.9. The molecule has 0 saturated heterocycles. The van der Waals surface area contributed by atoms with Crippen molar-refractivity contribution in [2.45, 2.75) is 57.8 Å². The van der Waals surface area contributed by atoms with Crippen LogP contribution >= 0.6 is 11.8 Å². The third-order valence-electron chi connectivity index (χ3n) is 5.78. The molecule has 0 radical (unpaired) electrons. The van der Waals surface area contributed by atoms with Crippen LogP contribution in [0.15, 0.2) is 53.7 Å². The van der Waals surface area contributed by atoms with E-state index in [2.05, 4.69) is 11.9 Å². The summed E-state index contributed by atoms with van der Waals surface area (Å²) in [6.07, 6.45) is 3.87. The number of para-hydroxylation sites is 2. The number of unbranched alkanes of at least 4 members (excludes halogenated alkanes) is 3. The predicted octanol–water partition coefficient (Wildman–Crippen LogP) is 4.49. The largest absolute Gasteiger partial charge is 0.854 e. The number of benzene rings is 2. The highest BCUT2D eigenvalue weighted by molar-refractivity contribution is 7.99. The van der Waals surface area contributed by atoms with Crippen molar-refractivity contribution in [2.75, 3.05) is 17.3 Å². The van der Waals surface area contributed by atoms with Crippen LogP contribution in [0.2, 0.25) is 0 Å². The molecule has 1 aliphatic rings. The zero-order valence-corrected chi connectivity index (χ0v) is 20.7. The second-order valence-corrected chi connectivity index (χ2v) is 9.21. The number of anilines is 1. The van der Waals surface area contributed by atoms with E-state index >= 15 is 0 Å². The van der Waals surface area contributed by atoms with Gasteiger partial charge in [-0.1, -0.05) is 66.9 Å². The third-order valence-corrected chi connectivity index (χ3v) is 6.71. The molecule has 0 fully saturated rings. The van der Waals surface area contributed by atoms with Crippen molar-refractivity contribution in [1.29, 1.82) is 0 Å². The first-order valence-electron chi connectivity index (χ1n) is 11.8. The molecule has 1 aromatic heterocycles. The Hall–Kier alpha value is -3.13. The lowest BCUT2D eigenvalue weighted by molar-refractivity contribution is -0.764. The molecule has 34 heavy (non-hydrogen) atoms. The third kappa shape index (κ3) is 4.73. The molecule has 2 aromatic carbocycles. The smallest absolute Gasteiger partial charge is 0.296 e. The molecule has 3 aromatic rings. The van der Waals surface area contributed by atoms with E-state index < -0.39 is 6.17 Å². The van der Waals surface area contributed by atoms with E-state index in [-0.39, 0.29) is 11.8 Å². The van der Waals surface area contributed by atoms with Gasteiger partial charge in [-0.25, -0.2) is 9.88 Å². The Morgan fingerprint density at radius 1 is 1.12 bits per heavy atom. The minimum atomic E-state index is -0.666. The summed E-state index contributed by atoms with van der Waals surface area (Å²) in [5.41, 5.74) is 2.44. The highest BCUT2D eigenvalue weighted by atomic mass is 32.2. The van der Waals surface area contributed by atoms with Crippen LogP contribution in [0.3, 0.4) is 0 Å². The Morgan fingerprint density at radius 3 is 2.65 bits per heavy atom. The molecule has 2 heterocycles. The number of fused-ring (bicyclic) bond motifs is 3. The molecular weight excluding hydrogens is 448 g/mol. The van der Waals surface area contributed by atoms with Gasteiger partial charge in [0.1, 0.15) is 5.75 Å². The first-order chi connectivity index (χ1) is 16.6. The highest BCUT2D eigenvalue weighted by Crippen LogP contribution is 2.42. The molecule has 1 atom stereocenters. The lowest BCUT2D eigenvalue weighted by atomic mass is 10.0. The minimum Gasteiger partial charge on any atom is -0.854 e. The normalized spacial score (nSPS) is 14.4. The Bertz CT molecular complexity index is 1170. The number of hydrogen-bond donors (Lipinski definition) is 0. The van der Waals surface area contributed by atoms with E-state index in [1.54, 1.807) is 9.58 Å². The summed E-state index contributed by atoms with van der Waals surface area (Å²) in [7, 11) is 0. The van der Waals surface area contributed by atoms with Crippen molar-refractivity contribution in [3.63, 3.8) is 0 Å². The number of carbonyl (C=O) groups excluding carboxylic acids is 1. The fourth-order valence-electron chi connectivity index (χ4n) is 4.29. The summed E-state index contributed by atoms with van der Waals surface area (Å²) in [6.45, 7) is 6.11. The molecule has 1 amide bonds. The SMILES string of the molecule is CCCCCCSc1nc([O-])c2[n+](n1)C(c1ccccc1OCC)N(C(C)=O)c1ccccc1-2. The summed E-state index contributed by atoms with van der Waals surface area (Å²) in [5, 5.41) is 18.6. The lowest BCUT2D eigenvalue weighted by Crippen LogP contribution is -2.58. The van der Waals surface area contributed by atoms with E-state index in [0.717, 1.165) is 24.2 Å². The molecule has 0 bridgehead atoms. The molecule has 0 aliphatic carbocycles. The fourth-order valence-corrected chi connectivity index (χ4v) is 5.11. The Labute approximate surface area is 204 Å². The van der Waals surface area contributed by atoms with Crippen molar-refractivity contribution in [1.82, 2.24) is 10.1 Å². The lowest BCUT2D eigenvalue weighted by Gasteiger charge is -2.33. The average Bonchev–Trinajstić information content (AvgIpc) is 2.83. The maximum absolute atomic E-state index is 13.3. The van der Waals surface area contributed by atoms with Gasteiger partial charge in [-0.05, 0) is 37.6 Å². The molecule has 0 N–H and O–H groups in total. The van der Waals surface area contributed by atoms with E-state index in [1.165, 1.54) is 31.5 Å². The van der Waals surface area contributed by atoms with E-state index in [0.29, 0.717) is 34.5 Å². The minimum absolute atomic E-state index is 0.151. The summed E-state index contributed by atoms with van der Waals surface area (Å²) < 4.78 is 7.56. The zero-order chi connectivity index (χ0) is 24.1. The van der Waals surface area contributed by atoms with Crippen molar-refractivity contribution >= 4 is 23.4 Å². The number of hydrogen-bond acceptors (Lipinski definition) is 6. The second-order valence-electron chi connectivity index (χ2n) is 8.15. The van der Waals surface area contributed by atoms with Crippen LogP contribution < -0.4 is 19.4 Å². The molecule has 1 aliphatic heterocycles. The van der Waals surface area contributed by atoms with Gasteiger partial charge in [-0.15, -0.1) is 0 Å². The van der Waals surface area contributed by atoms with Gasteiger partial charge in [-0.3, -0.25) is 4.79 Å². The molecule has 7 nitrogen and oxygen atoms in total. The van der Waals surface area contributed by atoms with Crippen molar-refractivity contribution in [3.8, 4) is 22.9 Å². The Kier molecular flexibility index (Phi) is 7.67. The van der Waals surface area contributed by atoms with Crippen LogP contribution in [-0.4, -0.2) is 28.3 Å². The van der Waals surface area contributed by atoms with Crippen molar-refractivity contribution in [3.05, 3.63) is 54.1 Å². The van der Waals surface area contributed by atoms with Crippen LogP contribution in [0.25, 0.3) is 11.3 Å². The molecule has 8 heteroatoms.